The minimum absolute atomic E-state index is 0.0853. The fraction of sp³-hybridized carbons (Fsp3) is 0.722. The molecule has 0 N–H and O–H groups in total. The van der Waals surface area contributed by atoms with Gasteiger partial charge in [0.2, 0.25) is 0 Å². The van der Waals surface area contributed by atoms with Crippen molar-refractivity contribution in [3.8, 4) is 0 Å². The van der Waals surface area contributed by atoms with Crippen molar-refractivity contribution in [2.45, 2.75) is 51.9 Å². The Morgan fingerprint density at radius 1 is 1.14 bits per heavy atom. The Morgan fingerprint density at radius 3 is 2.76 bits per heavy atom. The van der Waals surface area contributed by atoms with Gasteiger partial charge < -0.3 is 0 Å². The van der Waals surface area contributed by atoms with Gasteiger partial charge in [0.05, 0.1) is 0 Å². The Labute approximate surface area is 125 Å². The number of fused-ring (bicyclic) bond motifs is 5. The van der Waals surface area contributed by atoms with Crippen molar-refractivity contribution >= 4 is 17.3 Å². The van der Waals surface area contributed by atoms with Crippen molar-refractivity contribution in [1.29, 1.82) is 0 Å². The van der Waals surface area contributed by atoms with Gasteiger partial charge in [0, 0.05) is 37.0 Å². The first kappa shape index (κ1) is 13.4. The zero-order valence-corrected chi connectivity index (χ0v) is 12.6. The van der Waals surface area contributed by atoms with Crippen molar-refractivity contribution in [1.82, 2.24) is 0 Å². The Morgan fingerprint density at radius 2 is 1.95 bits per heavy atom. The van der Waals surface area contributed by atoms with Crippen LogP contribution in [0.4, 0.5) is 0 Å². The zero-order chi connectivity index (χ0) is 14.8. The van der Waals surface area contributed by atoms with Crippen LogP contribution in [-0.4, -0.2) is 17.3 Å². The molecule has 0 aromatic carbocycles. The van der Waals surface area contributed by atoms with Crippen LogP contribution in [0, 0.1) is 29.1 Å². The quantitative estimate of drug-likeness (QED) is 0.643. The fourth-order valence-electron chi connectivity index (χ4n) is 5.69. The van der Waals surface area contributed by atoms with Crippen molar-refractivity contribution < 1.29 is 14.4 Å². The van der Waals surface area contributed by atoms with Crippen LogP contribution in [0.25, 0.3) is 0 Å². The van der Waals surface area contributed by atoms with Crippen LogP contribution >= 0.6 is 0 Å². The Bertz CT molecular complexity index is 573. The fourth-order valence-corrected chi connectivity index (χ4v) is 5.69. The first-order valence-corrected chi connectivity index (χ1v) is 8.27. The van der Waals surface area contributed by atoms with Gasteiger partial charge in [-0.25, -0.2) is 0 Å². The first-order valence-electron chi connectivity index (χ1n) is 8.27. The molecule has 0 radical (unpaired) electrons. The van der Waals surface area contributed by atoms with Crippen molar-refractivity contribution in [2.75, 3.05) is 0 Å². The van der Waals surface area contributed by atoms with Crippen LogP contribution in [0.5, 0.6) is 0 Å². The molecule has 0 saturated heterocycles. The molecule has 0 amide bonds. The van der Waals surface area contributed by atoms with Crippen molar-refractivity contribution in [3.63, 3.8) is 0 Å². The molecule has 5 atom stereocenters. The van der Waals surface area contributed by atoms with Crippen LogP contribution in [0.1, 0.15) is 51.9 Å². The lowest BCUT2D eigenvalue weighted by molar-refractivity contribution is -0.145. The van der Waals surface area contributed by atoms with Gasteiger partial charge in [-0.15, -0.1) is 0 Å². The summed E-state index contributed by atoms with van der Waals surface area (Å²) in [5.41, 5.74) is 0.822. The second kappa shape index (κ2) is 4.37. The molecule has 4 rings (SSSR count). The highest BCUT2D eigenvalue weighted by molar-refractivity contribution is 5.95. The van der Waals surface area contributed by atoms with Crippen LogP contribution < -0.4 is 0 Å². The molecule has 3 fully saturated rings. The number of carbonyl (C=O) groups is 3. The maximum atomic E-state index is 12.8. The minimum atomic E-state index is -0.395. The molecule has 21 heavy (non-hydrogen) atoms. The number of carbonyl (C=O) groups excluding carboxylic acids is 3. The van der Waals surface area contributed by atoms with E-state index in [9.17, 15) is 14.4 Å². The van der Waals surface area contributed by atoms with E-state index in [1.165, 1.54) is 5.57 Å². The number of hydrogen-bond donors (Lipinski definition) is 0. The van der Waals surface area contributed by atoms with Gasteiger partial charge in [0.1, 0.15) is 17.3 Å². The molecular formula is C18H22O3. The molecule has 4 aliphatic carbocycles. The molecule has 0 aromatic rings. The van der Waals surface area contributed by atoms with Crippen LogP contribution in [-0.2, 0) is 14.4 Å². The lowest BCUT2D eigenvalue weighted by atomic mass is 9.52. The number of rotatable bonds is 0. The summed E-state index contributed by atoms with van der Waals surface area (Å²) in [6.45, 7) is 2.02. The average molecular weight is 286 g/mol. The summed E-state index contributed by atoms with van der Waals surface area (Å²) in [7, 11) is 0. The molecule has 112 valence electrons. The third-order valence-electron chi connectivity index (χ3n) is 6.73. The van der Waals surface area contributed by atoms with Gasteiger partial charge in [-0.3, -0.25) is 14.4 Å². The topological polar surface area (TPSA) is 51.2 Å². The van der Waals surface area contributed by atoms with E-state index in [1.54, 1.807) is 0 Å². The third kappa shape index (κ3) is 1.75. The number of ketones is 3. The van der Waals surface area contributed by atoms with Gasteiger partial charge in [0.15, 0.2) is 0 Å². The lowest BCUT2D eigenvalue weighted by Gasteiger charge is -2.50. The van der Waals surface area contributed by atoms with Gasteiger partial charge in [-0.2, -0.15) is 0 Å². The van der Waals surface area contributed by atoms with E-state index < -0.39 is 5.41 Å². The molecule has 3 nitrogen and oxygen atoms in total. The predicted octanol–water partition coefficient (Wildman–Crippen LogP) is 2.88. The summed E-state index contributed by atoms with van der Waals surface area (Å²) >= 11 is 0. The summed E-state index contributed by atoms with van der Waals surface area (Å²) in [6.07, 6.45) is 7.19. The molecule has 0 spiro atoms. The number of Topliss-reactive ketones (excluding diaryl/α,β-unsaturated/α-hetero) is 3. The SMILES string of the molecule is C[C@]12CC(=O)[C@H]3[C@@H](CC=C4CC(=O)CC[C@@H]43)[C@@H]1CCC2=O. The van der Waals surface area contributed by atoms with Crippen molar-refractivity contribution in [2.24, 2.45) is 29.1 Å². The zero-order valence-electron chi connectivity index (χ0n) is 12.6. The van der Waals surface area contributed by atoms with Gasteiger partial charge in [-0.05, 0) is 37.0 Å². The predicted molar refractivity (Wildman–Crippen MR) is 77.5 cm³/mol. The van der Waals surface area contributed by atoms with Gasteiger partial charge in [-0.1, -0.05) is 18.6 Å². The molecule has 3 heteroatoms. The molecule has 3 saturated carbocycles. The summed E-state index contributed by atoms with van der Waals surface area (Å²) in [5, 5.41) is 0. The second-order valence-electron chi connectivity index (χ2n) is 7.69. The van der Waals surface area contributed by atoms with E-state index in [0.717, 1.165) is 19.3 Å². The molecule has 4 aliphatic rings. The van der Waals surface area contributed by atoms with E-state index in [0.29, 0.717) is 54.9 Å². The summed E-state index contributed by atoms with van der Waals surface area (Å²) < 4.78 is 0. The smallest absolute Gasteiger partial charge is 0.139 e. The van der Waals surface area contributed by atoms with Crippen LogP contribution in [0.2, 0.25) is 0 Å². The second-order valence-corrected chi connectivity index (χ2v) is 7.69. The first-order chi connectivity index (χ1) is 10.0. The maximum Gasteiger partial charge on any atom is 0.139 e. The standard InChI is InChI=1S/C18H22O3/c1-18-9-15(20)17-12-5-3-11(19)8-10(12)2-4-13(17)14(18)6-7-16(18)21/h2,12-14,17H,3-9H2,1H3/t12-,13-,14-,17+,18-/m0/s1. The third-order valence-corrected chi connectivity index (χ3v) is 6.73. The summed E-state index contributed by atoms with van der Waals surface area (Å²) in [5.74, 6) is 2.00. The molecule has 0 aliphatic heterocycles. The maximum absolute atomic E-state index is 12.8. The molecule has 0 heterocycles. The molecule has 0 aromatic heterocycles. The van der Waals surface area contributed by atoms with Gasteiger partial charge >= 0.3 is 0 Å². The van der Waals surface area contributed by atoms with Crippen LogP contribution in [0.3, 0.4) is 0 Å². The lowest BCUT2D eigenvalue weighted by Crippen LogP contribution is -2.50. The molecule has 0 unspecified atom stereocenters. The normalized spacial score (nSPS) is 45.8. The highest BCUT2D eigenvalue weighted by atomic mass is 16.1. The van der Waals surface area contributed by atoms with Crippen LogP contribution in [0.15, 0.2) is 11.6 Å². The Balaban J connectivity index is 1.72. The average Bonchev–Trinajstić information content (AvgIpc) is 2.74. The molecular weight excluding hydrogens is 264 g/mol. The summed E-state index contributed by atoms with van der Waals surface area (Å²) in [4.78, 5) is 36.7. The van der Waals surface area contributed by atoms with E-state index in [4.69, 9.17) is 0 Å². The van der Waals surface area contributed by atoms with Gasteiger partial charge in [0.25, 0.3) is 0 Å². The Hall–Kier alpha value is -1.25. The molecule has 0 bridgehead atoms. The number of hydrogen-bond acceptors (Lipinski definition) is 3. The minimum Gasteiger partial charge on any atom is -0.299 e. The number of allylic oxidation sites excluding steroid dienone is 2. The highest BCUT2D eigenvalue weighted by Gasteiger charge is 2.58. The summed E-state index contributed by atoms with van der Waals surface area (Å²) in [6, 6.07) is 0. The van der Waals surface area contributed by atoms with E-state index in [-0.39, 0.29) is 11.8 Å². The van der Waals surface area contributed by atoms with E-state index in [2.05, 4.69) is 6.08 Å². The van der Waals surface area contributed by atoms with E-state index >= 15 is 0 Å². The highest BCUT2D eigenvalue weighted by Crippen LogP contribution is 2.58. The van der Waals surface area contributed by atoms with E-state index in [1.807, 2.05) is 6.92 Å². The Kier molecular flexibility index (Phi) is 2.79. The largest absolute Gasteiger partial charge is 0.299 e. The monoisotopic (exact) mass is 286 g/mol. The van der Waals surface area contributed by atoms with Crippen molar-refractivity contribution in [3.05, 3.63) is 11.6 Å².